The lowest BCUT2D eigenvalue weighted by Crippen LogP contribution is -2.31. The number of carbonyl (C=O) groups is 1. The molecule has 0 unspecified atom stereocenters. The Hall–Kier alpha value is -2.68. The number of anilines is 2. The van der Waals surface area contributed by atoms with E-state index in [-0.39, 0.29) is 10.1 Å². The van der Waals surface area contributed by atoms with Crippen molar-refractivity contribution in [1.29, 1.82) is 0 Å². The lowest BCUT2D eigenvalue weighted by molar-refractivity contribution is -0.380. The molecule has 0 radical (unpaired) electrons. The van der Waals surface area contributed by atoms with Crippen LogP contribution in [0.2, 0.25) is 0 Å². The monoisotopic (exact) mass is 308 g/mol. The Kier molecular flexibility index (Phi) is 4.33. The fourth-order valence-electron chi connectivity index (χ4n) is 1.60. The second kappa shape index (κ2) is 6.18. The zero-order chi connectivity index (χ0) is 15.4. The van der Waals surface area contributed by atoms with E-state index in [1.54, 1.807) is 31.3 Å². The number of ether oxygens (including phenoxy) is 1. The van der Waals surface area contributed by atoms with E-state index in [4.69, 9.17) is 4.74 Å². The van der Waals surface area contributed by atoms with E-state index in [0.29, 0.717) is 11.4 Å². The van der Waals surface area contributed by atoms with E-state index in [9.17, 15) is 14.9 Å². The van der Waals surface area contributed by atoms with Crippen molar-refractivity contribution in [2.75, 3.05) is 24.4 Å². The van der Waals surface area contributed by atoms with E-state index in [2.05, 4.69) is 10.3 Å². The number of urea groups is 1. The summed E-state index contributed by atoms with van der Waals surface area (Å²) in [6.07, 6.45) is 1.10. The van der Waals surface area contributed by atoms with E-state index >= 15 is 0 Å². The van der Waals surface area contributed by atoms with Gasteiger partial charge in [0.15, 0.2) is 5.13 Å². The topological polar surface area (TPSA) is 97.6 Å². The number of benzene rings is 1. The van der Waals surface area contributed by atoms with Crippen molar-refractivity contribution in [2.45, 2.75) is 0 Å². The number of nitrogens with zero attached hydrogens (tertiary/aromatic N) is 3. The number of rotatable bonds is 4. The second-order valence-corrected chi connectivity index (χ2v) is 4.93. The molecule has 0 aliphatic carbocycles. The third-order valence-corrected chi connectivity index (χ3v) is 3.50. The van der Waals surface area contributed by atoms with Gasteiger partial charge in [0, 0.05) is 7.05 Å². The lowest BCUT2D eigenvalue weighted by Gasteiger charge is -2.19. The summed E-state index contributed by atoms with van der Waals surface area (Å²) in [6.45, 7) is 0. The van der Waals surface area contributed by atoms with Gasteiger partial charge in [0.05, 0.1) is 17.7 Å². The molecule has 21 heavy (non-hydrogen) atoms. The Balaban J connectivity index is 2.13. The van der Waals surface area contributed by atoms with Crippen LogP contribution in [0.4, 0.5) is 20.6 Å². The van der Waals surface area contributed by atoms with Crippen molar-refractivity contribution in [3.8, 4) is 5.75 Å². The molecule has 110 valence electrons. The predicted molar refractivity (Wildman–Crippen MR) is 79.2 cm³/mol. The third-order valence-electron chi connectivity index (χ3n) is 2.64. The number of amides is 2. The smallest absolute Gasteiger partial charge is 0.345 e. The molecule has 2 amide bonds. The molecular formula is C12H12N4O4S. The fraction of sp³-hybridized carbons (Fsp3) is 0.167. The standard InChI is InChI=1S/C12H12N4O4S/c1-15(8-5-3-4-6-9(8)20-2)12(17)14-11-13-7-10(21-11)16(18)19/h3-7H,1-2H3,(H,13,14,17). The van der Waals surface area contributed by atoms with Crippen LogP contribution in [0.5, 0.6) is 5.75 Å². The maximum absolute atomic E-state index is 12.1. The molecule has 0 fully saturated rings. The van der Waals surface area contributed by atoms with Gasteiger partial charge in [-0.3, -0.25) is 20.3 Å². The molecule has 1 aromatic heterocycles. The molecule has 8 nitrogen and oxygen atoms in total. The predicted octanol–water partition coefficient (Wildman–Crippen LogP) is 2.73. The molecule has 0 atom stereocenters. The summed E-state index contributed by atoms with van der Waals surface area (Å²) >= 11 is 0.792. The Bertz CT molecular complexity index is 673. The van der Waals surface area contributed by atoms with Crippen LogP contribution in [0.3, 0.4) is 0 Å². The summed E-state index contributed by atoms with van der Waals surface area (Å²) in [6, 6.07) is 6.55. The lowest BCUT2D eigenvalue weighted by atomic mass is 10.3. The van der Waals surface area contributed by atoms with Gasteiger partial charge in [-0.15, -0.1) is 0 Å². The molecule has 9 heteroatoms. The van der Waals surface area contributed by atoms with Crippen LogP contribution in [-0.2, 0) is 0 Å². The zero-order valence-electron chi connectivity index (χ0n) is 11.3. The SMILES string of the molecule is COc1ccccc1N(C)C(=O)Nc1ncc([N+](=O)[O-])s1. The first-order valence-electron chi connectivity index (χ1n) is 5.81. The maximum atomic E-state index is 12.1. The Morgan fingerprint density at radius 1 is 1.48 bits per heavy atom. The van der Waals surface area contributed by atoms with Crippen LogP contribution in [0, 0.1) is 10.1 Å². The number of methoxy groups -OCH3 is 1. The highest BCUT2D eigenvalue weighted by Crippen LogP contribution is 2.28. The summed E-state index contributed by atoms with van der Waals surface area (Å²) < 4.78 is 5.18. The van der Waals surface area contributed by atoms with Gasteiger partial charge in [-0.25, -0.2) is 9.78 Å². The summed E-state index contributed by atoms with van der Waals surface area (Å²) in [7, 11) is 3.07. The number of aromatic nitrogens is 1. The molecule has 0 aliphatic heterocycles. The van der Waals surface area contributed by atoms with Crippen LogP contribution in [0.25, 0.3) is 0 Å². The molecule has 1 N–H and O–H groups in total. The number of nitrogens with one attached hydrogen (secondary N) is 1. The molecule has 1 aromatic carbocycles. The van der Waals surface area contributed by atoms with Crippen LogP contribution in [0.15, 0.2) is 30.5 Å². The van der Waals surface area contributed by atoms with E-state index in [0.717, 1.165) is 17.5 Å². The van der Waals surface area contributed by atoms with Crippen molar-refractivity contribution in [2.24, 2.45) is 0 Å². The van der Waals surface area contributed by atoms with Crippen LogP contribution >= 0.6 is 11.3 Å². The molecular weight excluding hydrogens is 296 g/mol. The summed E-state index contributed by atoms with van der Waals surface area (Å²) in [5.41, 5.74) is 0.573. The minimum absolute atomic E-state index is 0.134. The molecule has 2 rings (SSSR count). The van der Waals surface area contributed by atoms with Gasteiger partial charge in [0.1, 0.15) is 11.9 Å². The van der Waals surface area contributed by atoms with Gasteiger partial charge in [0.2, 0.25) is 0 Å². The average Bonchev–Trinajstić information content (AvgIpc) is 2.95. The number of carbonyl (C=O) groups excluding carboxylic acids is 1. The molecule has 0 aliphatic rings. The van der Waals surface area contributed by atoms with Gasteiger partial charge in [0.25, 0.3) is 0 Å². The summed E-state index contributed by atoms with van der Waals surface area (Å²) in [5.74, 6) is 0.542. The Morgan fingerprint density at radius 3 is 2.81 bits per heavy atom. The number of hydrogen-bond donors (Lipinski definition) is 1. The van der Waals surface area contributed by atoms with Crippen molar-refractivity contribution in [3.05, 3.63) is 40.6 Å². The van der Waals surface area contributed by atoms with Crippen molar-refractivity contribution >= 4 is 33.2 Å². The summed E-state index contributed by atoms with van der Waals surface area (Å²) in [4.78, 5) is 27.3. The first kappa shape index (κ1) is 14.7. The zero-order valence-corrected chi connectivity index (χ0v) is 12.1. The normalized spacial score (nSPS) is 10.0. The number of nitro groups is 1. The van der Waals surface area contributed by atoms with E-state index < -0.39 is 11.0 Å². The summed E-state index contributed by atoms with van der Waals surface area (Å²) in [5, 5.41) is 13.1. The third kappa shape index (κ3) is 3.26. The highest BCUT2D eigenvalue weighted by atomic mass is 32.1. The van der Waals surface area contributed by atoms with Gasteiger partial charge in [-0.05, 0) is 23.5 Å². The van der Waals surface area contributed by atoms with Crippen molar-refractivity contribution in [1.82, 2.24) is 4.98 Å². The second-order valence-electron chi connectivity index (χ2n) is 3.92. The number of thiazole rings is 1. The molecule has 0 bridgehead atoms. The van der Waals surface area contributed by atoms with Gasteiger partial charge in [-0.2, -0.15) is 0 Å². The van der Waals surface area contributed by atoms with Gasteiger partial charge in [-0.1, -0.05) is 12.1 Å². The minimum atomic E-state index is -0.558. The van der Waals surface area contributed by atoms with Crippen LogP contribution in [0.1, 0.15) is 0 Å². The molecule has 0 saturated heterocycles. The molecule has 2 aromatic rings. The van der Waals surface area contributed by atoms with Crippen molar-refractivity contribution < 1.29 is 14.5 Å². The highest BCUT2D eigenvalue weighted by Gasteiger charge is 2.18. The number of hydrogen-bond acceptors (Lipinski definition) is 6. The van der Waals surface area contributed by atoms with Gasteiger partial charge >= 0.3 is 11.0 Å². The minimum Gasteiger partial charge on any atom is -0.495 e. The van der Waals surface area contributed by atoms with Crippen LogP contribution < -0.4 is 15.0 Å². The first-order chi connectivity index (χ1) is 10.0. The van der Waals surface area contributed by atoms with Gasteiger partial charge < -0.3 is 4.74 Å². The first-order valence-corrected chi connectivity index (χ1v) is 6.62. The quantitative estimate of drug-likeness (QED) is 0.691. The largest absolute Gasteiger partial charge is 0.495 e. The van der Waals surface area contributed by atoms with E-state index in [1.165, 1.54) is 12.0 Å². The van der Waals surface area contributed by atoms with E-state index in [1.807, 2.05) is 0 Å². The maximum Gasteiger partial charge on any atom is 0.345 e. The van der Waals surface area contributed by atoms with Crippen molar-refractivity contribution in [3.63, 3.8) is 0 Å². The fourth-order valence-corrected chi connectivity index (χ4v) is 2.22. The molecule has 0 spiro atoms. The Labute approximate surface area is 124 Å². The Morgan fingerprint density at radius 2 is 2.19 bits per heavy atom. The average molecular weight is 308 g/mol. The molecule has 1 heterocycles. The van der Waals surface area contributed by atoms with Crippen LogP contribution in [-0.4, -0.2) is 30.1 Å². The number of para-hydroxylation sites is 2. The highest BCUT2D eigenvalue weighted by molar-refractivity contribution is 7.18. The molecule has 0 saturated carbocycles.